The molecule has 0 unspecified atom stereocenters. The highest BCUT2D eigenvalue weighted by molar-refractivity contribution is 7.80. The highest BCUT2D eigenvalue weighted by Crippen LogP contribution is 2.43. The van der Waals surface area contributed by atoms with Gasteiger partial charge in [0.15, 0.2) is 14.1 Å². The Morgan fingerprint density at radius 3 is 2.06 bits per heavy atom. The molecule has 11 nitrogen and oxygen atoms in total. The molecule has 14 heteroatoms. The van der Waals surface area contributed by atoms with E-state index < -0.39 is 53.8 Å². The van der Waals surface area contributed by atoms with Crippen LogP contribution in [0.25, 0.3) is 0 Å². The number of amides is 2. The fourth-order valence-electron chi connectivity index (χ4n) is 4.43. The molecule has 3 atom stereocenters. The van der Waals surface area contributed by atoms with Crippen LogP contribution in [-0.2, 0) is 25.4 Å². The molecule has 0 saturated carbocycles. The lowest BCUT2D eigenvalue weighted by Gasteiger charge is -2.49. The molecule has 254 valence electrons. The largest absolute Gasteiger partial charge is 0.477 e. The van der Waals surface area contributed by atoms with Gasteiger partial charge in [-0.05, 0) is 79.2 Å². The highest BCUT2D eigenvalue weighted by Gasteiger charge is 2.55. The summed E-state index contributed by atoms with van der Waals surface area (Å²) in [6.07, 6.45) is -0.540. The van der Waals surface area contributed by atoms with E-state index >= 15 is 0 Å². The molecular weight excluding hydrogens is 662 g/mol. The quantitative estimate of drug-likeness (QED) is 0.0287. The standard InChI is InChI=1S/C33H42ClN3O8SSi/c1-19(45-47(8,9)33(5,6)7)24-28(34)36(30(24)40)25(31(46)43-18-20-10-14-22(15-11-20)37(41)42)26(27(38)32(2,3)4)44-23-16-12-21(13-17-23)29(35)39/h10-17,19,24,28H,18H2,1-9H3,(H2,35,39)/t19-,24-,28+/m1/s1. The Balaban J connectivity index is 2.09. The van der Waals surface area contributed by atoms with E-state index in [1.807, 2.05) is 0 Å². The molecule has 0 aromatic heterocycles. The van der Waals surface area contributed by atoms with Crippen molar-refractivity contribution in [2.45, 2.75) is 84.8 Å². The summed E-state index contributed by atoms with van der Waals surface area (Å²) in [7, 11) is -2.28. The van der Waals surface area contributed by atoms with Crippen LogP contribution in [0.4, 0.5) is 5.69 Å². The van der Waals surface area contributed by atoms with Gasteiger partial charge in [0.1, 0.15) is 23.6 Å². The Bertz CT molecular complexity index is 1580. The van der Waals surface area contributed by atoms with Gasteiger partial charge in [0.2, 0.25) is 22.6 Å². The van der Waals surface area contributed by atoms with Gasteiger partial charge in [-0.25, -0.2) is 0 Å². The number of primary amides is 1. The molecule has 0 bridgehead atoms. The number of Topliss-reactive ketones (excluding diaryl/α,β-unsaturated/α-hetero) is 1. The van der Waals surface area contributed by atoms with E-state index in [4.69, 9.17) is 43.5 Å². The Morgan fingerprint density at radius 2 is 1.62 bits per heavy atom. The average molecular weight is 704 g/mol. The van der Waals surface area contributed by atoms with E-state index in [0.29, 0.717) is 5.56 Å². The molecule has 1 saturated heterocycles. The lowest BCUT2D eigenvalue weighted by molar-refractivity contribution is -0.384. The maximum absolute atomic E-state index is 14.0. The van der Waals surface area contributed by atoms with Crippen LogP contribution in [0, 0.1) is 21.4 Å². The van der Waals surface area contributed by atoms with Gasteiger partial charge in [0.05, 0.1) is 16.9 Å². The minimum Gasteiger partial charge on any atom is -0.477 e. The summed E-state index contributed by atoms with van der Waals surface area (Å²) < 4.78 is 18.6. The number of benzene rings is 2. The number of rotatable bonds is 12. The monoisotopic (exact) mass is 703 g/mol. The van der Waals surface area contributed by atoms with E-state index in [1.54, 1.807) is 27.7 Å². The number of ether oxygens (including phenoxy) is 2. The minimum absolute atomic E-state index is 0.0954. The second kappa shape index (κ2) is 14.2. The number of nitro benzene ring substituents is 1. The number of thiocarbonyl (C=S) groups is 1. The Labute approximate surface area is 286 Å². The zero-order valence-corrected chi connectivity index (χ0v) is 30.7. The predicted molar refractivity (Wildman–Crippen MR) is 185 cm³/mol. The van der Waals surface area contributed by atoms with Crippen LogP contribution in [0.5, 0.6) is 5.75 Å². The normalized spacial score (nSPS) is 18.1. The molecule has 2 amide bonds. The fourth-order valence-corrected chi connectivity index (χ4v) is 6.62. The Hall–Kier alpha value is -3.65. The summed E-state index contributed by atoms with van der Waals surface area (Å²) in [5.41, 5.74) is 3.95. The van der Waals surface area contributed by atoms with Gasteiger partial charge in [0.25, 0.3) is 5.69 Å². The van der Waals surface area contributed by atoms with Gasteiger partial charge in [-0.2, -0.15) is 0 Å². The average Bonchev–Trinajstić information content (AvgIpc) is 2.96. The summed E-state index contributed by atoms with van der Waals surface area (Å²) in [6.45, 7) is 17.2. The SMILES string of the molecule is C[C@@H](O[Si](C)(C)C(C)(C)C)[C@H]1C(=O)N(C(C(=S)OCc2ccc([N+](=O)[O-])cc2)=C(Oc2ccc(C(N)=O)cc2)C(=O)C(C)(C)C)[C@@H]1Cl. The first kappa shape index (κ1) is 37.8. The van der Waals surface area contributed by atoms with Crippen molar-refractivity contribution >= 4 is 60.5 Å². The van der Waals surface area contributed by atoms with Crippen molar-refractivity contribution in [3.63, 3.8) is 0 Å². The zero-order valence-electron chi connectivity index (χ0n) is 28.1. The van der Waals surface area contributed by atoms with Crippen molar-refractivity contribution in [1.82, 2.24) is 4.90 Å². The van der Waals surface area contributed by atoms with Crippen LogP contribution in [0.15, 0.2) is 60.0 Å². The molecule has 1 aliphatic heterocycles. The molecule has 0 radical (unpaired) electrons. The zero-order chi connectivity index (χ0) is 35.6. The number of nitrogens with two attached hydrogens (primary N) is 1. The second-order valence-electron chi connectivity index (χ2n) is 13.9. The minimum atomic E-state index is -2.28. The molecule has 2 aromatic carbocycles. The molecule has 1 aliphatic rings. The van der Waals surface area contributed by atoms with Crippen LogP contribution in [0.3, 0.4) is 0 Å². The van der Waals surface area contributed by atoms with Crippen molar-refractivity contribution < 1.29 is 33.2 Å². The van der Waals surface area contributed by atoms with E-state index in [0.717, 1.165) is 0 Å². The number of nitrogens with zero attached hydrogens (tertiary/aromatic N) is 2. The van der Waals surface area contributed by atoms with Crippen molar-refractivity contribution in [2.75, 3.05) is 0 Å². The van der Waals surface area contributed by atoms with Crippen LogP contribution in [-0.4, -0.2) is 52.4 Å². The fraction of sp³-hybridized carbons (Fsp3) is 0.455. The molecule has 3 rings (SSSR count). The van der Waals surface area contributed by atoms with Crippen LogP contribution in [0.1, 0.15) is 64.4 Å². The number of non-ortho nitro benzene ring substituents is 1. The van der Waals surface area contributed by atoms with Crippen molar-refractivity contribution in [2.24, 2.45) is 17.1 Å². The maximum Gasteiger partial charge on any atom is 0.269 e. The maximum atomic E-state index is 14.0. The van der Waals surface area contributed by atoms with E-state index in [9.17, 15) is 24.5 Å². The molecule has 0 aliphatic carbocycles. The van der Waals surface area contributed by atoms with Crippen molar-refractivity contribution in [1.29, 1.82) is 0 Å². The Morgan fingerprint density at radius 1 is 1.06 bits per heavy atom. The summed E-state index contributed by atoms with van der Waals surface area (Å²) in [5.74, 6) is -2.44. The van der Waals surface area contributed by atoms with Crippen molar-refractivity contribution in [3.05, 3.63) is 81.2 Å². The number of likely N-dealkylation sites (tertiary alicyclic amines) is 1. The summed E-state index contributed by atoms with van der Waals surface area (Å²) in [6, 6.07) is 11.5. The number of nitro groups is 1. The number of hydrogen-bond donors (Lipinski definition) is 1. The predicted octanol–water partition coefficient (Wildman–Crippen LogP) is 6.88. The van der Waals surface area contributed by atoms with Gasteiger partial charge < -0.3 is 19.6 Å². The first-order chi connectivity index (χ1) is 21.6. The van der Waals surface area contributed by atoms with Crippen LogP contribution in [0.2, 0.25) is 18.1 Å². The lowest BCUT2D eigenvalue weighted by atomic mass is 9.87. The molecule has 0 spiro atoms. The topological polar surface area (TPSA) is 151 Å². The Kier molecular flexibility index (Phi) is 11.4. The third-order valence-corrected chi connectivity index (χ3v) is 13.6. The number of carbonyl (C=O) groups is 3. The molecule has 2 aromatic rings. The number of ketones is 1. The van der Waals surface area contributed by atoms with E-state index in [2.05, 4.69) is 33.9 Å². The third kappa shape index (κ3) is 8.64. The third-order valence-electron chi connectivity index (χ3n) is 8.27. The highest BCUT2D eigenvalue weighted by atomic mass is 35.5. The number of β-lactam (4-membered cyclic amide) rings is 1. The van der Waals surface area contributed by atoms with E-state index in [1.165, 1.54) is 53.4 Å². The van der Waals surface area contributed by atoms with Gasteiger partial charge in [-0.3, -0.25) is 29.4 Å². The molecule has 47 heavy (non-hydrogen) atoms. The number of halogens is 1. The van der Waals surface area contributed by atoms with Crippen LogP contribution >= 0.6 is 23.8 Å². The van der Waals surface area contributed by atoms with Crippen LogP contribution < -0.4 is 10.5 Å². The number of hydrogen-bond acceptors (Lipinski definition) is 9. The molecule has 2 N–H and O–H groups in total. The van der Waals surface area contributed by atoms with Gasteiger partial charge in [0, 0.05) is 23.1 Å². The molecule has 1 heterocycles. The first-order valence-electron chi connectivity index (χ1n) is 15.0. The lowest BCUT2D eigenvalue weighted by Crippen LogP contribution is -2.64. The molecule has 1 fully saturated rings. The summed E-state index contributed by atoms with van der Waals surface area (Å²) >= 11 is 12.6. The number of carbonyl (C=O) groups excluding carboxylic acids is 3. The van der Waals surface area contributed by atoms with Crippen molar-refractivity contribution in [3.8, 4) is 5.75 Å². The first-order valence-corrected chi connectivity index (χ1v) is 18.7. The van der Waals surface area contributed by atoms with Gasteiger partial charge in [-0.15, -0.1) is 0 Å². The number of alkyl halides is 1. The number of allylic oxidation sites excluding steroid dienone is 1. The van der Waals surface area contributed by atoms with Gasteiger partial charge in [-0.1, -0.05) is 53.1 Å². The summed E-state index contributed by atoms with van der Waals surface area (Å²) in [5, 5.41) is 10.7. The van der Waals surface area contributed by atoms with E-state index in [-0.39, 0.29) is 45.2 Å². The molecular formula is C33H42ClN3O8SSi. The second-order valence-corrected chi connectivity index (χ2v) is 19.5. The smallest absolute Gasteiger partial charge is 0.269 e. The summed E-state index contributed by atoms with van der Waals surface area (Å²) in [4.78, 5) is 51.4. The van der Waals surface area contributed by atoms with Gasteiger partial charge >= 0.3 is 0 Å².